The zero-order chi connectivity index (χ0) is 12.9. The molecule has 0 N–H and O–H groups in total. The van der Waals surface area contributed by atoms with Gasteiger partial charge >= 0.3 is 0 Å². The highest BCUT2D eigenvalue weighted by atomic mass is 15.5. The third-order valence-electron chi connectivity index (χ3n) is 2.75. The van der Waals surface area contributed by atoms with Crippen LogP contribution in [0.25, 0.3) is 0 Å². The number of hydrogen-bond donors (Lipinski definition) is 0. The fourth-order valence-electron chi connectivity index (χ4n) is 1.49. The van der Waals surface area contributed by atoms with E-state index in [9.17, 15) is 0 Å². The molecule has 0 saturated carbocycles. The van der Waals surface area contributed by atoms with Crippen LogP contribution in [0.4, 0.5) is 5.69 Å². The van der Waals surface area contributed by atoms with Crippen molar-refractivity contribution >= 4 is 5.69 Å². The Kier molecular flexibility index (Phi) is 4.67. The summed E-state index contributed by atoms with van der Waals surface area (Å²) in [7, 11) is 0. The molecule has 1 rings (SSSR count). The van der Waals surface area contributed by atoms with Crippen LogP contribution in [-0.2, 0) is 5.41 Å². The minimum atomic E-state index is 0.189. The molecular formula is C14H23N3. The van der Waals surface area contributed by atoms with Gasteiger partial charge in [-0.25, -0.2) is 0 Å². The molecule has 1 aromatic rings. The maximum atomic E-state index is 4.22. The lowest BCUT2D eigenvalue weighted by Gasteiger charge is -2.18. The first kappa shape index (κ1) is 13.7. The molecule has 0 heterocycles. The summed E-state index contributed by atoms with van der Waals surface area (Å²) in [4.78, 5) is 0. The highest BCUT2D eigenvalue weighted by molar-refractivity contribution is 5.39. The number of rotatable bonds is 4. The molecule has 0 radical (unpaired) electrons. The maximum absolute atomic E-state index is 4.22. The highest BCUT2D eigenvalue weighted by Crippen LogP contribution is 2.24. The molecule has 0 saturated heterocycles. The predicted octanol–water partition coefficient (Wildman–Crippen LogP) is 4.32. The standard InChI is InChI=1S/C14H23N3/c1-6-17(7-2)16-15-13-10-8-12(9-11-13)14(3,4)5/h8-11H,6-7H2,1-5H3. The van der Waals surface area contributed by atoms with E-state index in [2.05, 4.69) is 57.1 Å². The second kappa shape index (κ2) is 5.80. The smallest absolute Gasteiger partial charge is 0.0874 e. The van der Waals surface area contributed by atoms with Crippen LogP contribution in [0.2, 0.25) is 0 Å². The lowest BCUT2D eigenvalue weighted by atomic mass is 9.87. The van der Waals surface area contributed by atoms with Gasteiger partial charge in [-0.05, 0) is 37.0 Å². The quantitative estimate of drug-likeness (QED) is 0.562. The average molecular weight is 233 g/mol. The number of hydrogen-bond acceptors (Lipinski definition) is 2. The molecule has 0 bridgehead atoms. The van der Waals surface area contributed by atoms with E-state index < -0.39 is 0 Å². The second-order valence-electron chi connectivity index (χ2n) is 5.13. The van der Waals surface area contributed by atoms with Gasteiger partial charge in [0.1, 0.15) is 0 Å². The molecule has 0 spiro atoms. The Morgan fingerprint density at radius 2 is 1.53 bits per heavy atom. The fraction of sp³-hybridized carbons (Fsp3) is 0.571. The van der Waals surface area contributed by atoms with Crippen molar-refractivity contribution in [3.05, 3.63) is 29.8 Å². The molecule has 3 nitrogen and oxygen atoms in total. The monoisotopic (exact) mass is 233 g/mol. The van der Waals surface area contributed by atoms with Crippen LogP contribution < -0.4 is 0 Å². The molecule has 1 aromatic carbocycles. The van der Waals surface area contributed by atoms with E-state index in [0.29, 0.717) is 0 Å². The van der Waals surface area contributed by atoms with Gasteiger partial charge in [-0.15, -0.1) is 5.11 Å². The van der Waals surface area contributed by atoms with Gasteiger partial charge in [0.15, 0.2) is 0 Å². The molecule has 0 aliphatic heterocycles. The van der Waals surface area contributed by atoms with E-state index in [4.69, 9.17) is 0 Å². The Labute approximate surface area is 105 Å². The fourth-order valence-corrected chi connectivity index (χ4v) is 1.49. The maximum Gasteiger partial charge on any atom is 0.0874 e. The van der Waals surface area contributed by atoms with E-state index in [1.165, 1.54) is 5.56 Å². The van der Waals surface area contributed by atoms with E-state index >= 15 is 0 Å². The summed E-state index contributed by atoms with van der Waals surface area (Å²) in [6, 6.07) is 8.29. The van der Waals surface area contributed by atoms with Crippen LogP contribution in [0.3, 0.4) is 0 Å². The Bertz CT molecular complexity index is 356. The Morgan fingerprint density at radius 1 is 1.00 bits per heavy atom. The zero-order valence-corrected chi connectivity index (χ0v) is 11.6. The van der Waals surface area contributed by atoms with Crippen molar-refractivity contribution in [3.63, 3.8) is 0 Å². The molecule has 0 aromatic heterocycles. The zero-order valence-electron chi connectivity index (χ0n) is 11.6. The molecule has 17 heavy (non-hydrogen) atoms. The average Bonchev–Trinajstić information content (AvgIpc) is 2.30. The second-order valence-corrected chi connectivity index (χ2v) is 5.13. The van der Waals surface area contributed by atoms with Gasteiger partial charge in [0.2, 0.25) is 0 Å². The molecule has 0 aliphatic carbocycles. The van der Waals surface area contributed by atoms with Crippen molar-refractivity contribution in [1.82, 2.24) is 5.01 Å². The van der Waals surface area contributed by atoms with Gasteiger partial charge in [0.05, 0.1) is 5.69 Å². The lowest BCUT2D eigenvalue weighted by Crippen LogP contribution is -2.14. The minimum absolute atomic E-state index is 0.189. The van der Waals surface area contributed by atoms with E-state index in [1.807, 2.05) is 17.1 Å². The van der Waals surface area contributed by atoms with E-state index in [1.54, 1.807) is 0 Å². The van der Waals surface area contributed by atoms with Crippen molar-refractivity contribution in [2.75, 3.05) is 13.1 Å². The molecule has 0 atom stereocenters. The highest BCUT2D eigenvalue weighted by Gasteiger charge is 2.12. The van der Waals surface area contributed by atoms with Gasteiger partial charge in [-0.1, -0.05) is 38.1 Å². The molecule has 0 aliphatic rings. The number of benzene rings is 1. The summed E-state index contributed by atoms with van der Waals surface area (Å²) in [5, 5.41) is 10.3. The van der Waals surface area contributed by atoms with Gasteiger partial charge in [-0.2, -0.15) is 0 Å². The SMILES string of the molecule is CCN(CC)N=Nc1ccc(C(C)(C)C)cc1. The van der Waals surface area contributed by atoms with Gasteiger partial charge in [-0.3, -0.25) is 5.01 Å². The molecule has 0 fully saturated rings. The molecule has 0 unspecified atom stereocenters. The Balaban J connectivity index is 2.75. The van der Waals surface area contributed by atoms with Crippen LogP contribution in [0.5, 0.6) is 0 Å². The minimum Gasteiger partial charge on any atom is -0.279 e. The third-order valence-corrected chi connectivity index (χ3v) is 2.75. The lowest BCUT2D eigenvalue weighted by molar-refractivity contribution is 0.300. The van der Waals surface area contributed by atoms with Gasteiger partial charge in [0.25, 0.3) is 0 Å². The van der Waals surface area contributed by atoms with E-state index in [0.717, 1.165) is 18.8 Å². The Morgan fingerprint density at radius 3 is 1.94 bits per heavy atom. The normalized spacial score (nSPS) is 12.1. The largest absolute Gasteiger partial charge is 0.279 e. The van der Waals surface area contributed by atoms with E-state index in [-0.39, 0.29) is 5.41 Å². The molecule has 0 amide bonds. The van der Waals surface area contributed by atoms with Crippen molar-refractivity contribution in [3.8, 4) is 0 Å². The van der Waals surface area contributed by atoms with Crippen LogP contribution >= 0.6 is 0 Å². The summed E-state index contributed by atoms with van der Waals surface area (Å²) in [5.41, 5.74) is 2.42. The molecular weight excluding hydrogens is 210 g/mol. The van der Waals surface area contributed by atoms with Gasteiger partial charge < -0.3 is 0 Å². The van der Waals surface area contributed by atoms with Crippen molar-refractivity contribution < 1.29 is 0 Å². The molecule has 3 heteroatoms. The van der Waals surface area contributed by atoms with Crippen LogP contribution in [0.1, 0.15) is 40.2 Å². The first-order chi connectivity index (χ1) is 7.97. The topological polar surface area (TPSA) is 28.0 Å². The first-order valence-corrected chi connectivity index (χ1v) is 6.24. The van der Waals surface area contributed by atoms with Crippen LogP contribution in [-0.4, -0.2) is 18.1 Å². The summed E-state index contributed by atoms with van der Waals surface area (Å²) in [6.45, 7) is 12.6. The summed E-state index contributed by atoms with van der Waals surface area (Å²) in [5.74, 6) is 0. The summed E-state index contributed by atoms with van der Waals surface area (Å²) in [6.07, 6.45) is 0. The predicted molar refractivity (Wildman–Crippen MR) is 72.6 cm³/mol. The molecule has 94 valence electrons. The Hall–Kier alpha value is -1.38. The number of nitrogens with zero attached hydrogens (tertiary/aromatic N) is 3. The summed E-state index contributed by atoms with van der Waals surface area (Å²) >= 11 is 0. The van der Waals surface area contributed by atoms with Crippen molar-refractivity contribution in [2.45, 2.75) is 40.0 Å². The summed E-state index contributed by atoms with van der Waals surface area (Å²) < 4.78 is 0. The van der Waals surface area contributed by atoms with Crippen molar-refractivity contribution in [1.29, 1.82) is 0 Å². The van der Waals surface area contributed by atoms with Crippen LogP contribution in [0.15, 0.2) is 34.6 Å². The van der Waals surface area contributed by atoms with Gasteiger partial charge in [0, 0.05) is 13.1 Å². The van der Waals surface area contributed by atoms with Crippen LogP contribution in [0, 0.1) is 0 Å². The first-order valence-electron chi connectivity index (χ1n) is 6.24. The van der Waals surface area contributed by atoms with Crippen molar-refractivity contribution in [2.24, 2.45) is 10.3 Å². The third kappa shape index (κ3) is 4.17.